The van der Waals surface area contributed by atoms with E-state index in [-0.39, 0.29) is 5.78 Å². The highest BCUT2D eigenvalue weighted by Crippen LogP contribution is 2.15. The Bertz CT molecular complexity index is 293. The molecule has 1 aromatic heterocycles. The van der Waals surface area contributed by atoms with Gasteiger partial charge in [0.25, 0.3) is 0 Å². The number of Topliss-reactive ketones (excluding diaryl/α,β-unsaturated/α-hetero) is 1. The van der Waals surface area contributed by atoms with E-state index in [9.17, 15) is 4.79 Å². The zero-order valence-corrected chi connectivity index (χ0v) is 9.62. The first-order valence-electron chi connectivity index (χ1n) is 5.03. The molecule has 0 amide bonds. The fraction of sp³-hybridized carbons (Fsp3) is 0.545. The van der Waals surface area contributed by atoms with Crippen LogP contribution in [0.2, 0.25) is 0 Å². The molecule has 0 bridgehead atoms. The Morgan fingerprint density at radius 2 is 2.29 bits per heavy atom. The highest BCUT2D eigenvalue weighted by atomic mass is 32.1. The lowest BCUT2D eigenvalue weighted by molar-refractivity contribution is 0.0986. The predicted molar refractivity (Wildman–Crippen MR) is 61.2 cm³/mol. The minimum atomic E-state index is 0.256. The van der Waals surface area contributed by atoms with Crippen LogP contribution in [0.4, 0.5) is 0 Å². The summed E-state index contributed by atoms with van der Waals surface area (Å²) in [6, 6.07) is 1.97. The lowest BCUT2D eigenvalue weighted by atomic mass is 10.2. The molecule has 0 radical (unpaired) electrons. The van der Waals surface area contributed by atoms with Gasteiger partial charge in [-0.1, -0.05) is 6.92 Å². The number of nitrogens with one attached hydrogen (secondary N) is 1. The topological polar surface area (TPSA) is 29.1 Å². The maximum Gasteiger partial charge on any atom is 0.174 e. The van der Waals surface area contributed by atoms with Gasteiger partial charge in [0.05, 0.1) is 4.88 Å². The van der Waals surface area contributed by atoms with Crippen molar-refractivity contribution in [1.82, 2.24) is 5.32 Å². The summed E-state index contributed by atoms with van der Waals surface area (Å²) >= 11 is 1.54. The highest BCUT2D eigenvalue weighted by molar-refractivity contribution is 7.12. The van der Waals surface area contributed by atoms with Crippen LogP contribution in [0, 0.1) is 6.92 Å². The zero-order valence-electron chi connectivity index (χ0n) is 8.80. The van der Waals surface area contributed by atoms with Gasteiger partial charge in [0.1, 0.15) is 0 Å². The first-order valence-corrected chi connectivity index (χ1v) is 5.91. The molecule has 1 N–H and O–H groups in total. The van der Waals surface area contributed by atoms with Crippen molar-refractivity contribution >= 4 is 17.1 Å². The van der Waals surface area contributed by atoms with Crippen LogP contribution in [-0.4, -0.2) is 18.9 Å². The quantitative estimate of drug-likeness (QED) is 0.579. The highest BCUT2D eigenvalue weighted by Gasteiger charge is 2.06. The molecule has 14 heavy (non-hydrogen) atoms. The number of thiophene rings is 1. The third kappa shape index (κ3) is 3.60. The van der Waals surface area contributed by atoms with Crippen LogP contribution in [-0.2, 0) is 0 Å². The van der Waals surface area contributed by atoms with Crippen molar-refractivity contribution in [2.45, 2.75) is 26.7 Å². The molecule has 0 saturated carbocycles. The van der Waals surface area contributed by atoms with Gasteiger partial charge in [-0.3, -0.25) is 4.79 Å². The normalized spacial score (nSPS) is 10.4. The molecule has 2 nitrogen and oxygen atoms in total. The Labute approximate surface area is 89.3 Å². The van der Waals surface area contributed by atoms with E-state index < -0.39 is 0 Å². The maximum atomic E-state index is 11.6. The van der Waals surface area contributed by atoms with Gasteiger partial charge in [0.15, 0.2) is 5.78 Å². The third-order valence-corrected chi connectivity index (χ3v) is 3.05. The van der Waals surface area contributed by atoms with E-state index in [0.29, 0.717) is 6.42 Å². The first-order chi connectivity index (χ1) is 6.74. The molecule has 0 aliphatic rings. The lowest BCUT2D eigenvalue weighted by Crippen LogP contribution is -2.18. The fourth-order valence-electron chi connectivity index (χ4n) is 1.20. The summed E-state index contributed by atoms with van der Waals surface area (Å²) in [5.74, 6) is 0.256. The van der Waals surface area contributed by atoms with Gasteiger partial charge >= 0.3 is 0 Å². The summed E-state index contributed by atoms with van der Waals surface area (Å²) in [5.41, 5.74) is 1.18. The standard InChI is InChI=1S/C11H17NOS/c1-3-5-12-6-4-10(13)11-7-9(2)8-14-11/h7-8,12H,3-6H2,1-2H3. The van der Waals surface area contributed by atoms with Crippen LogP contribution in [0.5, 0.6) is 0 Å². The molecular weight excluding hydrogens is 194 g/mol. The van der Waals surface area contributed by atoms with Crippen molar-refractivity contribution in [1.29, 1.82) is 0 Å². The fourth-order valence-corrected chi connectivity index (χ4v) is 2.07. The van der Waals surface area contributed by atoms with E-state index in [0.717, 1.165) is 24.4 Å². The Morgan fingerprint density at radius 3 is 2.86 bits per heavy atom. The van der Waals surface area contributed by atoms with Gasteiger partial charge in [-0.2, -0.15) is 0 Å². The van der Waals surface area contributed by atoms with Crippen molar-refractivity contribution in [3.05, 3.63) is 21.9 Å². The first kappa shape index (κ1) is 11.4. The molecule has 1 aromatic rings. The summed E-state index contributed by atoms with van der Waals surface area (Å²) in [6.45, 7) is 5.93. The number of ketones is 1. The van der Waals surface area contributed by atoms with Gasteiger partial charge in [-0.05, 0) is 36.9 Å². The van der Waals surface area contributed by atoms with Gasteiger partial charge in [0, 0.05) is 13.0 Å². The molecule has 0 spiro atoms. The van der Waals surface area contributed by atoms with E-state index in [1.54, 1.807) is 11.3 Å². The second kappa shape index (κ2) is 5.94. The molecule has 0 aromatic carbocycles. The van der Waals surface area contributed by atoms with E-state index in [1.807, 2.05) is 18.4 Å². The van der Waals surface area contributed by atoms with Crippen molar-refractivity contribution < 1.29 is 4.79 Å². The Balaban J connectivity index is 2.29. The molecule has 0 fully saturated rings. The molecule has 1 heterocycles. The minimum absolute atomic E-state index is 0.256. The lowest BCUT2D eigenvalue weighted by Gasteiger charge is -2.00. The second-order valence-electron chi connectivity index (χ2n) is 3.41. The maximum absolute atomic E-state index is 11.6. The number of hydrogen-bond donors (Lipinski definition) is 1. The summed E-state index contributed by atoms with van der Waals surface area (Å²) in [7, 11) is 0. The SMILES string of the molecule is CCCNCCC(=O)c1cc(C)cs1. The third-order valence-electron chi connectivity index (χ3n) is 1.96. The molecule has 0 aliphatic heterocycles. The van der Waals surface area contributed by atoms with Crippen LogP contribution >= 0.6 is 11.3 Å². The van der Waals surface area contributed by atoms with Crippen molar-refractivity contribution in [2.24, 2.45) is 0 Å². The van der Waals surface area contributed by atoms with Crippen LogP contribution in [0.25, 0.3) is 0 Å². The van der Waals surface area contributed by atoms with Gasteiger partial charge < -0.3 is 5.32 Å². The smallest absolute Gasteiger partial charge is 0.174 e. The molecule has 0 unspecified atom stereocenters. The number of carbonyl (C=O) groups excluding carboxylic acids is 1. The van der Waals surface area contributed by atoms with Crippen molar-refractivity contribution in [2.75, 3.05) is 13.1 Å². The van der Waals surface area contributed by atoms with Crippen LogP contribution in [0.15, 0.2) is 11.4 Å². The average Bonchev–Trinajstić information content (AvgIpc) is 2.59. The molecule has 1 rings (SSSR count). The summed E-state index contributed by atoms with van der Waals surface area (Å²) in [6.07, 6.45) is 1.73. The Morgan fingerprint density at radius 1 is 1.50 bits per heavy atom. The second-order valence-corrected chi connectivity index (χ2v) is 4.32. The monoisotopic (exact) mass is 211 g/mol. The summed E-state index contributed by atoms with van der Waals surface area (Å²) in [5, 5.41) is 5.25. The van der Waals surface area contributed by atoms with E-state index in [4.69, 9.17) is 0 Å². The molecule has 0 atom stereocenters. The molecule has 3 heteroatoms. The number of aryl methyl sites for hydroxylation is 1. The number of rotatable bonds is 6. The van der Waals surface area contributed by atoms with Crippen LogP contribution in [0.1, 0.15) is 35.0 Å². The van der Waals surface area contributed by atoms with Gasteiger partial charge in [-0.25, -0.2) is 0 Å². The Kier molecular flexibility index (Phi) is 4.84. The molecule has 78 valence electrons. The minimum Gasteiger partial charge on any atom is -0.316 e. The van der Waals surface area contributed by atoms with E-state index in [2.05, 4.69) is 12.2 Å². The number of carbonyl (C=O) groups is 1. The summed E-state index contributed by atoms with van der Waals surface area (Å²) < 4.78 is 0. The average molecular weight is 211 g/mol. The van der Waals surface area contributed by atoms with Crippen molar-refractivity contribution in [3.63, 3.8) is 0 Å². The summed E-state index contributed by atoms with van der Waals surface area (Å²) in [4.78, 5) is 12.5. The largest absolute Gasteiger partial charge is 0.316 e. The number of hydrogen-bond acceptors (Lipinski definition) is 3. The van der Waals surface area contributed by atoms with E-state index >= 15 is 0 Å². The molecule has 0 saturated heterocycles. The molecule has 0 aliphatic carbocycles. The van der Waals surface area contributed by atoms with Crippen LogP contribution in [0.3, 0.4) is 0 Å². The van der Waals surface area contributed by atoms with Crippen molar-refractivity contribution in [3.8, 4) is 0 Å². The predicted octanol–water partition coefficient (Wildman–Crippen LogP) is 2.63. The zero-order chi connectivity index (χ0) is 10.4. The van der Waals surface area contributed by atoms with E-state index in [1.165, 1.54) is 5.56 Å². The van der Waals surface area contributed by atoms with Gasteiger partial charge in [0.2, 0.25) is 0 Å². The van der Waals surface area contributed by atoms with Gasteiger partial charge in [-0.15, -0.1) is 11.3 Å². The molecular formula is C11H17NOS. The van der Waals surface area contributed by atoms with Crippen LogP contribution < -0.4 is 5.32 Å². The Hall–Kier alpha value is -0.670.